The maximum Gasteiger partial charge on any atom is 0.184 e. The monoisotopic (exact) mass is 431 g/mol. The lowest BCUT2D eigenvalue weighted by Gasteiger charge is -2.46. The van der Waals surface area contributed by atoms with Crippen molar-refractivity contribution in [2.45, 2.75) is 146 Å². The first-order valence-corrected chi connectivity index (χ1v) is 12.6. The van der Waals surface area contributed by atoms with Gasteiger partial charge in [-0.3, -0.25) is 0 Å². The van der Waals surface area contributed by atoms with Crippen molar-refractivity contribution in [2.75, 3.05) is 6.61 Å². The molecule has 0 aliphatic carbocycles. The van der Waals surface area contributed by atoms with Crippen LogP contribution in [-0.4, -0.2) is 57.2 Å². The Morgan fingerprint density at radius 1 is 0.700 bits per heavy atom. The summed E-state index contributed by atoms with van der Waals surface area (Å²) in [4.78, 5) is 0. The molecule has 6 heteroatoms. The van der Waals surface area contributed by atoms with Gasteiger partial charge >= 0.3 is 0 Å². The second kappa shape index (κ2) is 16.4. The number of rotatable bonds is 18. The van der Waals surface area contributed by atoms with E-state index in [2.05, 4.69) is 6.92 Å². The topological polar surface area (TPSA) is 116 Å². The van der Waals surface area contributed by atoms with Crippen molar-refractivity contribution < 1.29 is 25.2 Å². The number of aliphatic hydroxyl groups is 4. The smallest absolute Gasteiger partial charge is 0.184 e. The van der Waals surface area contributed by atoms with Gasteiger partial charge in [0.05, 0.1) is 12.6 Å². The van der Waals surface area contributed by atoms with Gasteiger partial charge in [0.15, 0.2) is 5.79 Å². The van der Waals surface area contributed by atoms with Gasteiger partial charge in [0, 0.05) is 6.42 Å². The third-order valence-corrected chi connectivity index (χ3v) is 6.54. The van der Waals surface area contributed by atoms with Gasteiger partial charge in [0.1, 0.15) is 18.3 Å². The zero-order valence-corrected chi connectivity index (χ0v) is 19.3. The first-order chi connectivity index (χ1) is 14.5. The molecule has 1 aliphatic rings. The minimum absolute atomic E-state index is 0.299. The van der Waals surface area contributed by atoms with Gasteiger partial charge in [-0.15, -0.1) is 0 Å². The van der Waals surface area contributed by atoms with E-state index < -0.39 is 36.7 Å². The van der Waals surface area contributed by atoms with Crippen LogP contribution in [0.1, 0.15) is 116 Å². The second-order valence-electron chi connectivity index (χ2n) is 9.24. The van der Waals surface area contributed by atoms with E-state index in [1.54, 1.807) is 0 Å². The molecule has 0 saturated carbocycles. The Kier molecular flexibility index (Phi) is 15.2. The molecule has 6 N–H and O–H groups in total. The number of unbranched alkanes of at least 4 members (excludes halogenated alkanes) is 15. The van der Waals surface area contributed by atoms with E-state index in [1.807, 2.05) is 0 Å². The highest BCUT2D eigenvalue weighted by atomic mass is 16.6. The van der Waals surface area contributed by atoms with Crippen LogP contribution in [0.4, 0.5) is 0 Å². The maximum absolute atomic E-state index is 10.6. The quantitative estimate of drug-likeness (QED) is 0.211. The predicted octanol–water partition coefficient (Wildman–Crippen LogP) is 3.77. The van der Waals surface area contributed by atoms with Crippen molar-refractivity contribution in [1.29, 1.82) is 0 Å². The molecule has 0 aromatic carbocycles. The third-order valence-electron chi connectivity index (χ3n) is 6.54. The van der Waals surface area contributed by atoms with E-state index >= 15 is 0 Å². The summed E-state index contributed by atoms with van der Waals surface area (Å²) in [6.45, 7) is 1.80. The molecule has 1 fully saturated rings. The molecule has 0 aromatic heterocycles. The third kappa shape index (κ3) is 10.4. The average Bonchev–Trinajstić information content (AvgIpc) is 2.74. The van der Waals surface area contributed by atoms with Crippen molar-refractivity contribution in [3.05, 3.63) is 0 Å². The molecule has 1 heterocycles. The molecule has 1 unspecified atom stereocenters. The summed E-state index contributed by atoms with van der Waals surface area (Å²) in [6.07, 6.45) is 17.1. The lowest BCUT2D eigenvalue weighted by molar-refractivity contribution is -0.316. The van der Waals surface area contributed by atoms with Crippen LogP contribution < -0.4 is 5.73 Å². The number of hydrogen-bond donors (Lipinski definition) is 5. The summed E-state index contributed by atoms with van der Waals surface area (Å²) in [5.74, 6) is -1.69. The minimum atomic E-state index is -1.69. The fourth-order valence-corrected chi connectivity index (χ4v) is 4.41. The molecule has 5 atom stereocenters. The standard InChI is InChI=1S/C24H49NO5/c1-2-3-4-5-6-7-8-9-10-11-12-13-14-15-16-17-18-24(29)23(25)22(28)21(27)20(19-26)30-24/h20-23,26-29H,2-19,25H2,1H3/t20-,21-,22+,23-,24?/m1/s1. The van der Waals surface area contributed by atoms with E-state index in [0.29, 0.717) is 6.42 Å². The summed E-state index contributed by atoms with van der Waals surface area (Å²) in [5.41, 5.74) is 5.86. The Balaban J connectivity index is 1.96. The van der Waals surface area contributed by atoms with E-state index in [4.69, 9.17) is 10.5 Å². The Morgan fingerprint density at radius 2 is 1.10 bits per heavy atom. The minimum Gasteiger partial charge on any atom is -0.394 e. The van der Waals surface area contributed by atoms with E-state index in [1.165, 1.54) is 83.5 Å². The highest BCUT2D eigenvalue weighted by molar-refractivity contribution is 4.98. The molecule has 180 valence electrons. The number of aliphatic hydroxyl groups excluding tert-OH is 3. The SMILES string of the molecule is CCCCCCCCCCCCCCCCCCC1(O)O[C@H](CO)[C@@H](O)[C@H](O)[C@H]1N. The van der Waals surface area contributed by atoms with Crippen molar-refractivity contribution in [1.82, 2.24) is 0 Å². The molecule has 6 nitrogen and oxygen atoms in total. The highest BCUT2D eigenvalue weighted by Gasteiger charge is 2.50. The first kappa shape index (κ1) is 27.8. The van der Waals surface area contributed by atoms with Crippen molar-refractivity contribution in [3.8, 4) is 0 Å². The molecule has 0 radical (unpaired) electrons. The van der Waals surface area contributed by atoms with Gasteiger partial charge in [-0.05, 0) is 6.42 Å². The fraction of sp³-hybridized carbons (Fsp3) is 1.00. The molecular formula is C24H49NO5. The normalized spacial score (nSPS) is 29.4. The van der Waals surface area contributed by atoms with Gasteiger partial charge in [-0.25, -0.2) is 0 Å². The highest BCUT2D eigenvalue weighted by Crippen LogP contribution is 2.31. The van der Waals surface area contributed by atoms with Gasteiger partial charge < -0.3 is 30.9 Å². The molecule has 0 aromatic rings. The molecule has 0 bridgehead atoms. The second-order valence-corrected chi connectivity index (χ2v) is 9.24. The Labute approximate surface area is 184 Å². The largest absolute Gasteiger partial charge is 0.394 e. The van der Waals surface area contributed by atoms with Crippen LogP contribution in [0.3, 0.4) is 0 Å². The maximum atomic E-state index is 10.6. The van der Waals surface area contributed by atoms with Crippen molar-refractivity contribution in [3.63, 3.8) is 0 Å². The Bertz CT molecular complexity index is 409. The Hall–Kier alpha value is -0.240. The molecule has 1 saturated heterocycles. The number of nitrogens with two attached hydrogens (primary N) is 1. The molecular weight excluding hydrogens is 382 g/mol. The molecule has 0 spiro atoms. The molecule has 1 rings (SSSR count). The molecule has 0 amide bonds. The predicted molar refractivity (Wildman–Crippen MR) is 121 cm³/mol. The van der Waals surface area contributed by atoms with Crippen molar-refractivity contribution >= 4 is 0 Å². The van der Waals surface area contributed by atoms with Gasteiger partial charge in [-0.2, -0.15) is 0 Å². The lowest BCUT2D eigenvalue weighted by Crippen LogP contribution is -2.68. The van der Waals surface area contributed by atoms with Gasteiger partial charge in [0.2, 0.25) is 0 Å². The zero-order chi connectivity index (χ0) is 22.2. The summed E-state index contributed by atoms with van der Waals surface area (Å²) >= 11 is 0. The van der Waals surface area contributed by atoms with E-state index in [-0.39, 0.29) is 0 Å². The molecule has 1 aliphatic heterocycles. The van der Waals surface area contributed by atoms with Crippen LogP contribution in [-0.2, 0) is 4.74 Å². The average molecular weight is 432 g/mol. The number of hydrogen-bond acceptors (Lipinski definition) is 6. The molecule has 30 heavy (non-hydrogen) atoms. The Morgan fingerprint density at radius 3 is 1.50 bits per heavy atom. The van der Waals surface area contributed by atoms with Crippen LogP contribution in [0.2, 0.25) is 0 Å². The van der Waals surface area contributed by atoms with Crippen molar-refractivity contribution in [2.24, 2.45) is 5.73 Å². The van der Waals surface area contributed by atoms with Gasteiger partial charge in [-0.1, -0.05) is 103 Å². The summed E-state index contributed by atoms with van der Waals surface area (Å²) < 4.78 is 5.41. The summed E-state index contributed by atoms with van der Waals surface area (Å²) in [5, 5.41) is 39.7. The van der Waals surface area contributed by atoms with E-state index in [9.17, 15) is 20.4 Å². The zero-order valence-electron chi connectivity index (χ0n) is 19.3. The van der Waals surface area contributed by atoms with Gasteiger partial charge in [0.25, 0.3) is 0 Å². The van der Waals surface area contributed by atoms with Crippen LogP contribution in [0.25, 0.3) is 0 Å². The van der Waals surface area contributed by atoms with Crippen LogP contribution in [0, 0.1) is 0 Å². The van der Waals surface area contributed by atoms with Crippen LogP contribution in [0.5, 0.6) is 0 Å². The fourth-order valence-electron chi connectivity index (χ4n) is 4.41. The lowest BCUT2D eigenvalue weighted by atomic mass is 9.88. The van der Waals surface area contributed by atoms with E-state index in [0.717, 1.165) is 19.3 Å². The number of ether oxygens (including phenoxy) is 1. The first-order valence-electron chi connectivity index (χ1n) is 12.6. The summed E-state index contributed by atoms with van der Waals surface area (Å²) in [6, 6.07) is -1.08. The van der Waals surface area contributed by atoms with Crippen LogP contribution >= 0.6 is 0 Å². The summed E-state index contributed by atoms with van der Waals surface area (Å²) in [7, 11) is 0. The van der Waals surface area contributed by atoms with Crippen LogP contribution in [0.15, 0.2) is 0 Å².